The SMILES string of the molecule is COC(=O)/C=C1\SC(=Nc2ccccc2)N(c2ccccn2)C1=O. The highest BCUT2D eigenvalue weighted by atomic mass is 32.2. The molecule has 24 heavy (non-hydrogen) atoms. The Labute approximate surface area is 142 Å². The first-order valence-electron chi connectivity index (χ1n) is 7.06. The second-order valence-corrected chi connectivity index (χ2v) is 5.70. The molecule has 1 aromatic heterocycles. The Morgan fingerprint density at radius 3 is 2.62 bits per heavy atom. The molecule has 2 heterocycles. The zero-order valence-corrected chi connectivity index (χ0v) is 13.6. The van der Waals surface area contributed by atoms with Crippen molar-refractivity contribution in [1.82, 2.24) is 4.98 Å². The summed E-state index contributed by atoms with van der Waals surface area (Å²) < 4.78 is 4.60. The molecule has 1 saturated heterocycles. The van der Waals surface area contributed by atoms with Gasteiger partial charge >= 0.3 is 5.97 Å². The van der Waals surface area contributed by atoms with E-state index in [1.54, 1.807) is 24.4 Å². The van der Waals surface area contributed by atoms with E-state index in [1.807, 2.05) is 30.3 Å². The number of benzene rings is 1. The van der Waals surface area contributed by atoms with E-state index in [2.05, 4.69) is 14.7 Å². The van der Waals surface area contributed by atoms with Crippen LogP contribution in [0.3, 0.4) is 0 Å². The summed E-state index contributed by atoms with van der Waals surface area (Å²) in [6.45, 7) is 0. The number of carbonyl (C=O) groups excluding carboxylic acids is 2. The van der Waals surface area contributed by atoms with Crippen LogP contribution in [0.25, 0.3) is 0 Å². The van der Waals surface area contributed by atoms with E-state index >= 15 is 0 Å². The lowest BCUT2D eigenvalue weighted by molar-refractivity contribution is -0.135. The molecule has 0 bridgehead atoms. The molecule has 3 rings (SSSR count). The summed E-state index contributed by atoms with van der Waals surface area (Å²) >= 11 is 1.11. The Balaban J connectivity index is 2.04. The highest BCUT2D eigenvalue weighted by molar-refractivity contribution is 8.19. The van der Waals surface area contributed by atoms with Crippen molar-refractivity contribution in [3.63, 3.8) is 0 Å². The topological polar surface area (TPSA) is 71.9 Å². The van der Waals surface area contributed by atoms with Gasteiger partial charge in [0.2, 0.25) is 0 Å². The highest BCUT2D eigenvalue weighted by Crippen LogP contribution is 2.35. The van der Waals surface area contributed by atoms with Crippen molar-refractivity contribution >= 4 is 40.3 Å². The van der Waals surface area contributed by atoms with Gasteiger partial charge in [-0.25, -0.2) is 19.7 Å². The minimum atomic E-state index is -0.590. The maximum Gasteiger partial charge on any atom is 0.331 e. The van der Waals surface area contributed by atoms with Gasteiger partial charge in [0.05, 0.1) is 17.7 Å². The fraction of sp³-hybridized carbons (Fsp3) is 0.0588. The summed E-state index contributed by atoms with van der Waals surface area (Å²) in [5.41, 5.74) is 0.702. The molecule has 0 spiro atoms. The molecule has 1 amide bonds. The van der Waals surface area contributed by atoms with Gasteiger partial charge in [0.25, 0.3) is 5.91 Å². The molecule has 120 valence electrons. The fourth-order valence-electron chi connectivity index (χ4n) is 2.02. The van der Waals surface area contributed by atoms with E-state index in [0.717, 1.165) is 17.8 Å². The number of ether oxygens (including phenoxy) is 1. The van der Waals surface area contributed by atoms with E-state index in [4.69, 9.17) is 0 Å². The largest absolute Gasteiger partial charge is 0.466 e. The zero-order chi connectivity index (χ0) is 16.9. The number of nitrogens with zero attached hydrogens (tertiary/aromatic N) is 3. The number of pyridine rings is 1. The van der Waals surface area contributed by atoms with Crippen LogP contribution >= 0.6 is 11.8 Å². The van der Waals surface area contributed by atoms with Crippen LogP contribution in [0.2, 0.25) is 0 Å². The third-order valence-corrected chi connectivity index (χ3v) is 4.08. The van der Waals surface area contributed by atoms with Crippen molar-refractivity contribution in [2.45, 2.75) is 0 Å². The van der Waals surface area contributed by atoms with Crippen molar-refractivity contribution in [2.24, 2.45) is 4.99 Å². The number of esters is 1. The van der Waals surface area contributed by atoms with E-state index in [9.17, 15) is 9.59 Å². The second kappa shape index (κ2) is 7.10. The summed E-state index contributed by atoms with van der Waals surface area (Å²) in [5.74, 6) is -0.510. The molecule has 1 aliphatic heterocycles. The Morgan fingerprint density at radius 2 is 1.96 bits per heavy atom. The number of methoxy groups -OCH3 is 1. The third kappa shape index (κ3) is 3.36. The summed E-state index contributed by atoms with van der Waals surface area (Å²) in [4.78, 5) is 34.5. The molecule has 1 aliphatic rings. The molecule has 0 radical (unpaired) electrons. The first-order chi connectivity index (χ1) is 11.7. The van der Waals surface area contributed by atoms with Gasteiger partial charge < -0.3 is 4.74 Å². The molecule has 0 unspecified atom stereocenters. The highest BCUT2D eigenvalue weighted by Gasteiger charge is 2.36. The molecular weight excluding hydrogens is 326 g/mol. The number of thioether (sulfide) groups is 1. The molecular formula is C17H13N3O3S. The molecule has 1 fully saturated rings. The van der Waals surface area contributed by atoms with Gasteiger partial charge in [-0.2, -0.15) is 0 Å². The van der Waals surface area contributed by atoms with E-state index in [1.165, 1.54) is 12.0 Å². The molecule has 1 aromatic carbocycles. The van der Waals surface area contributed by atoms with Gasteiger partial charge in [0.1, 0.15) is 5.82 Å². The van der Waals surface area contributed by atoms with Gasteiger partial charge in [0, 0.05) is 12.3 Å². The Kier molecular flexibility index (Phi) is 4.72. The van der Waals surface area contributed by atoms with Gasteiger partial charge in [-0.05, 0) is 36.0 Å². The van der Waals surface area contributed by atoms with Crippen LogP contribution in [0, 0.1) is 0 Å². The lowest BCUT2D eigenvalue weighted by atomic mass is 10.3. The molecule has 0 atom stereocenters. The number of para-hydroxylation sites is 1. The number of anilines is 1. The standard InChI is InChI=1S/C17H13N3O3S/c1-23-15(21)11-13-16(22)20(14-9-5-6-10-18-14)17(24-13)19-12-7-3-2-4-8-12/h2-11H,1H3/b13-11-,19-17?. The number of aromatic nitrogens is 1. The average molecular weight is 339 g/mol. The monoisotopic (exact) mass is 339 g/mol. The van der Waals surface area contributed by atoms with Gasteiger partial charge in [0.15, 0.2) is 5.17 Å². The van der Waals surface area contributed by atoms with Crippen LogP contribution in [-0.4, -0.2) is 29.1 Å². The normalized spacial score (nSPS) is 17.5. The lowest BCUT2D eigenvalue weighted by Crippen LogP contribution is -2.29. The van der Waals surface area contributed by atoms with Crippen LogP contribution in [-0.2, 0) is 14.3 Å². The summed E-state index contributed by atoms with van der Waals surface area (Å²) in [5, 5.41) is 0.431. The number of carbonyl (C=O) groups is 2. The van der Waals surface area contributed by atoms with Crippen LogP contribution in [0.5, 0.6) is 0 Å². The number of hydrogen-bond acceptors (Lipinski definition) is 6. The number of amidine groups is 1. The molecule has 0 saturated carbocycles. The summed E-state index contributed by atoms with van der Waals surface area (Å²) in [6, 6.07) is 14.5. The van der Waals surface area contributed by atoms with E-state index in [-0.39, 0.29) is 10.8 Å². The van der Waals surface area contributed by atoms with E-state index < -0.39 is 5.97 Å². The number of amides is 1. The van der Waals surface area contributed by atoms with Gasteiger partial charge in [-0.3, -0.25) is 4.79 Å². The summed E-state index contributed by atoms with van der Waals surface area (Å²) in [7, 11) is 1.26. The van der Waals surface area contributed by atoms with Crippen LogP contribution < -0.4 is 4.90 Å². The maximum atomic E-state index is 12.7. The van der Waals surface area contributed by atoms with Gasteiger partial charge in [-0.1, -0.05) is 24.3 Å². The maximum absolute atomic E-state index is 12.7. The van der Waals surface area contributed by atoms with E-state index in [0.29, 0.717) is 16.7 Å². The molecule has 0 N–H and O–H groups in total. The Bertz CT molecular complexity index is 819. The van der Waals surface area contributed by atoms with Crippen LogP contribution in [0.15, 0.2) is 70.7 Å². The number of aliphatic imine (C=N–C) groups is 1. The van der Waals surface area contributed by atoms with Crippen molar-refractivity contribution in [3.05, 3.63) is 65.7 Å². The zero-order valence-electron chi connectivity index (χ0n) is 12.7. The average Bonchev–Trinajstić information content (AvgIpc) is 2.91. The Hall–Kier alpha value is -2.93. The minimum Gasteiger partial charge on any atom is -0.466 e. The van der Waals surface area contributed by atoms with Crippen molar-refractivity contribution in [2.75, 3.05) is 12.0 Å². The predicted molar refractivity (Wildman–Crippen MR) is 93.0 cm³/mol. The quantitative estimate of drug-likeness (QED) is 0.635. The lowest BCUT2D eigenvalue weighted by Gasteiger charge is -2.13. The van der Waals surface area contributed by atoms with Crippen LogP contribution in [0.1, 0.15) is 0 Å². The minimum absolute atomic E-state index is 0.238. The smallest absolute Gasteiger partial charge is 0.331 e. The fourth-order valence-corrected chi connectivity index (χ4v) is 2.96. The summed E-state index contributed by atoms with van der Waals surface area (Å²) in [6.07, 6.45) is 2.76. The first-order valence-corrected chi connectivity index (χ1v) is 7.87. The first kappa shape index (κ1) is 15.9. The van der Waals surface area contributed by atoms with Crippen LogP contribution in [0.4, 0.5) is 11.5 Å². The second-order valence-electron chi connectivity index (χ2n) is 4.69. The third-order valence-electron chi connectivity index (χ3n) is 3.12. The molecule has 2 aromatic rings. The van der Waals surface area contributed by atoms with Crippen molar-refractivity contribution in [1.29, 1.82) is 0 Å². The van der Waals surface area contributed by atoms with Gasteiger partial charge in [-0.15, -0.1) is 0 Å². The predicted octanol–water partition coefficient (Wildman–Crippen LogP) is 2.91. The molecule has 0 aliphatic carbocycles. The van der Waals surface area contributed by atoms with Crippen molar-refractivity contribution < 1.29 is 14.3 Å². The number of rotatable bonds is 3. The number of hydrogen-bond donors (Lipinski definition) is 0. The van der Waals surface area contributed by atoms with Crippen molar-refractivity contribution in [3.8, 4) is 0 Å². The molecule has 7 heteroatoms. The molecule has 6 nitrogen and oxygen atoms in total. The Morgan fingerprint density at radius 1 is 1.21 bits per heavy atom.